The Morgan fingerprint density at radius 3 is 3.00 bits per heavy atom. The van der Waals surface area contributed by atoms with E-state index in [1.807, 2.05) is 11.4 Å². The lowest BCUT2D eigenvalue weighted by Crippen LogP contribution is -2.11. The van der Waals surface area contributed by atoms with Gasteiger partial charge in [-0.1, -0.05) is 6.92 Å². The van der Waals surface area contributed by atoms with Gasteiger partial charge in [0.2, 0.25) is 0 Å². The number of hydrogen-bond acceptors (Lipinski definition) is 3. The van der Waals surface area contributed by atoms with Crippen LogP contribution in [0.4, 0.5) is 5.69 Å². The highest BCUT2D eigenvalue weighted by Gasteiger charge is 1.96. The fourth-order valence-corrected chi connectivity index (χ4v) is 1.50. The third-order valence-corrected chi connectivity index (χ3v) is 2.25. The molecule has 1 aromatic rings. The summed E-state index contributed by atoms with van der Waals surface area (Å²) in [6.45, 7) is 3.99. The normalized spacial score (nSPS) is 10.1. The minimum atomic E-state index is 0.903. The van der Waals surface area contributed by atoms with E-state index in [1.54, 1.807) is 11.3 Å². The summed E-state index contributed by atoms with van der Waals surface area (Å²) >= 11 is 1.70. The number of thiophene rings is 1. The van der Waals surface area contributed by atoms with E-state index in [9.17, 15) is 0 Å². The molecule has 0 fully saturated rings. The Morgan fingerprint density at radius 2 is 2.50 bits per heavy atom. The molecule has 0 aliphatic carbocycles. The third-order valence-electron chi connectivity index (χ3n) is 1.32. The molecule has 3 heteroatoms. The number of nitrogens with one attached hydrogen (secondary N) is 1. The Kier molecular flexibility index (Phi) is 2.71. The van der Waals surface area contributed by atoms with Crippen LogP contribution in [0, 0.1) is 0 Å². The Morgan fingerprint density at radius 1 is 1.70 bits per heavy atom. The fourth-order valence-electron chi connectivity index (χ4n) is 0.733. The number of nitrogens with two attached hydrogens (primary N) is 1. The highest BCUT2D eigenvalue weighted by Crippen LogP contribution is 2.17. The van der Waals surface area contributed by atoms with Crippen LogP contribution < -0.4 is 11.1 Å². The molecule has 0 aliphatic heterocycles. The molecule has 0 amide bonds. The minimum Gasteiger partial charge on any atom is -0.398 e. The van der Waals surface area contributed by atoms with Gasteiger partial charge in [-0.05, 0) is 18.0 Å². The van der Waals surface area contributed by atoms with Crippen LogP contribution in [-0.2, 0) is 6.54 Å². The predicted octanol–water partition coefficient (Wildman–Crippen LogP) is 1.44. The van der Waals surface area contributed by atoms with Gasteiger partial charge in [0.05, 0.1) is 0 Å². The Bertz CT molecular complexity index is 195. The SMILES string of the molecule is CCNCc1sccc1N. The van der Waals surface area contributed by atoms with E-state index in [4.69, 9.17) is 5.73 Å². The molecule has 10 heavy (non-hydrogen) atoms. The largest absolute Gasteiger partial charge is 0.398 e. The number of hydrogen-bond donors (Lipinski definition) is 2. The second-order valence-electron chi connectivity index (χ2n) is 2.08. The molecule has 1 rings (SSSR count). The molecule has 0 aromatic carbocycles. The van der Waals surface area contributed by atoms with Crippen molar-refractivity contribution in [1.29, 1.82) is 0 Å². The molecule has 0 saturated carbocycles. The summed E-state index contributed by atoms with van der Waals surface area (Å²) in [5.74, 6) is 0. The van der Waals surface area contributed by atoms with Crippen molar-refractivity contribution in [3.8, 4) is 0 Å². The van der Waals surface area contributed by atoms with Crippen LogP contribution in [0.15, 0.2) is 11.4 Å². The minimum absolute atomic E-state index is 0.903. The van der Waals surface area contributed by atoms with E-state index >= 15 is 0 Å². The summed E-state index contributed by atoms with van der Waals surface area (Å²) in [7, 11) is 0. The lowest BCUT2D eigenvalue weighted by atomic mass is 10.4. The van der Waals surface area contributed by atoms with Gasteiger partial charge in [0.15, 0.2) is 0 Å². The monoisotopic (exact) mass is 156 g/mol. The van der Waals surface area contributed by atoms with E-state index in [0.717, 1.165) is 18.8 Å². The summed E-state index contributed by atoms with van der Waals surface area (Å²) in [5.41, 5.74) is 6.56. The summed E-state index contributed by atoms with van der Waals surface area (Å²) in [6, 6.07) is 1.94. The molecule has 0 aliphatic rings. The Balaban J connectivity index is 2.49. The van der Waals surface area contributed by atoms with E-state index in [1.165, 1.54) is 4.88 Å². The maximum absolute atomic E-state index is 5.65. The van der Waals surface area contributed by atoms with Gasteiger partial charge in [-0.2, -0.15) is 0 Å². The molecule has 0 unspecified atom stereocenters. The second kappa shape index (κ2) is 3.58. The van der Waals surface area contributed by atoms with Gasteiger partial charge < -0.3 is 11.1 Å². The third kappa shape index (κ3) is 1.72. The van der Waals surface area contributed by atoms with Crippen LogP contribution in [-0.4, -0.2) is 6.54 Å². The van der Waals surface area contributed by atoms with Gasteiger partial charge in [-0.15, -0.1) is 11.3 Å². The first-order valence-corrected chi connectivity index (χ1v) is 4.25. The van der Waals surface area contributed by atoms with Crippen LogP contribution in [0.5, 0.6) is 0 Å². The van der Waals surface area contributed by atoms with Crippen LogP contribution in [0.3, 0.4) is 0 Å². The van der Waals surface area contributed by atoms with Crippen molar-refractivity contribution in [3.63, 3.8) is 0 Å². The van der Waals surface area contributed by atoms with Crippen molar-refractivity contribution in [2.24, 2.45) is 0 Å². The summed E-state index contributed by atoms with van der Waals surface area (Å²) in [6.07, 6.45) is 0. The van der Waals surface area contributed by atoms with E-state index < -0.39 is 0 Å². The zero-order valence-electron chi connectivity index (χ0n) is 6.05. The van der Waals surface area contributed by atoms with E-state index in [0.29, 0.717) is 0 Å². The average Bonchev–Trinajstić information content (AvgIpc) is 2.31. The van der Waals surface area contributed by atoms with Crippen molar-refractivity contribution in [3.05, 3.63) is 16.3 Å². The summed E-state index contributed by atoms with van der Waals surface area (Å²) < 4.78 is 0. The first-order chi connectivity index (χ1) is 4.84. The summed E-state index contributed by atoms with van der Waals surface area (Å²) in [4.78, 5) is 1.24. The van der Waals surface area contributed by atoms with Gasteiger partial charge in [0.1, 0.15) is 0 Å². The quantitative estimate of drug-likeness (QED) is 0.695. The number of nitrogen functional groups attached to an aromatic ring is 1. The standard InChI is InChI=1S/C7H12N2S/c1-2-9-5-7-6(8)3-4-10-7/h3-4,9H,2,5,8H2,1H3. The summed E-state index contributed by atoms with van der Waals surface area (Å²) in [5, 5.41) is 5.24. The van der Waals surface area contributed by atoms with E-state index in [2.05, 4.69) is 12.2 Å². The van der Waals surface area contributed by atoms with Crippen LogP contribution >= 0.6 is 11.3 Å². The smallest absolute Gasteiger partial charge is 0.0468 e. The average molecular weight is 156 g/mol. The van der Waals surface area contributed by atoms with Crippen LogP contribution in [0.2, 0.25) is 0 Å². The van der Waals surface area contributed by atoms with Crippen molar-refractivity contribution in [2.45, 2.75) is 13.5 Å². The lowest BCUT2D eigenvalue weighted by Gasteiger charge is -1.98. The van der Waals surface area contributed by atoms with Gasteiger partial charge >= 0.3 is 0 Å². The van der Waals surface area contributed by atoms with Crippen molar-refractivity contribution in [1.82, 2.24) is 5.32 Å². The number of anilines is 1. The Labute approximate surface area is 65.1 Å². The highest BCUT2D eigenvalue weighted by atomic mass is 32.1. The lowest BCUT2D eigenvalue weighted by molar-refractivity contribution is 0.736. The zero-order valence-corrected chi connectivity index (χ0v) is 6.87. The van der Waals surface area contributed by atoms with E-state index in [-0.39, 0.29) is 0 Å². The molecule has 0 radical (unpaired) electrons. The maximum Gasteiger partial charge on any atom is 0.0468 e. The first kappa shape index (κ1) is 7.57. The first-order valence-electron chi connectivity index (χ1n) is 3.37. The highest BCUT2D eigenvalue weighted by molar-refractivity contribution is 7.10. The predicted molar refractivity (Wildman–Crippen MR) is 46.1 cm³/mol. The van der Waals surface area contributed by atoms with Crippen molar-refractivity contribution >= 4 is 17.0 Å². The molecule has 2 nitrogen and oxygen atoms in total. The van der Waals surface area contributed by atoms with Crippen LogP contribution in [0.25, 0.3) is 0 Å². The molecule has 56 valence electrons. The fraction of sp³-hybridized carbons (Fsp3) is 0.429. The molecule has 0 saturated heterocycles. The molecule has 0 spiro atoms. The van der Waals surface area contributed by atoms with Gasteiger partial charge in [0.25, 0.3) is 0 Å². The molecule has 1 aromatic heterocycles. The van der Waals surface area contributed by atoms with Gasteiger partial charge in [-0.3, -0.25) is 0 Å². The molecule has 3 N–H and O–H groups in total. The van der Waals surface area contributed by atoms with Gasteiger partial charge in [-0.25, -0.2) is 0 Å². The zero-order chi connectivity index (χ0) is 7.40. The van der Waals surface area contributed by atoms with Crippen molar-refractivity contribution < 1.29 is 0 Å². The topological polar surface area (TPSA) is 38.0 Å². The molecule has 0 bridgehead atoms. The molecular formula is C7H12N2S. The molecule has 0 atom stereocenters. The van der Waals surface area contributed by atoms with Crippen molar-refractivity contribution in [2.75, 3.05) is 12.3 Å². The molecule has 1 heterocycles. The van der Waals surface area contributed by atoms with Crippen LogP contribution in [0.1, 0.15) is 11.8 Å². The number of rotatable bonds is 3. The maximum atomic E-state index is 5.65. The second-order valence-corrected chi connectivity index (χ2v) is 3.08. The Hall–Kier alpha value is -0.540. The van der Waals surface area contributed by atoms with Gasteiger partial charge in [0, 0.05) is 17.1 Å². The molecular weight excluding hydrogens is 144 g/mol.